The maximum atomic E-state index is 12.7. The average Bonchev–Trinajstić information content (AvgIpc) is 2.43. The fourth-order valence-electron chi connectivity index (χ4n) is 2.28. The minimum Gasteiger partial charge on any atom is -0.481 e. The van der Waals surface area contributed by atoms with E-state index in [1.165, 1.54) is 18.2 Å². The van der Waals surface area contributed by atoms with E-state index in [-0.39, 0.29) is 5.56 Å². The van der Waals surface area contributed by atoms with Gasteiger partial charge in [-0.3, -0.25) is 9.59 Å². The summed E-state index contributed by atoms with van der Waals surface area (Å²) in [6.07, 6.45) is -1.49. The number of alkyl halides is 3. The van der Waals surface area contributed by atoms with Crippen molar-refractivity contribution in [2.45, 2.75) is 45.4 Å². The molecule has 1 aromatic carbocycles. The summed E-state index contributed by atoms with van der Waals surface area (Å²) in [6.45, 7) is 6.44. The van der Waals surface area contributed by atoms with Gasteiger partial charge in [-0.25, -0.2) is 0 Å². The Hall–Kier alpha value is -2.31. The van der Waals surface area contributed by atoms with E-state index in [2.05, 4.69) is 0 Å². The smallest absolute Gasteiger partial charge is 0.416 e. The molecule has 0 aliphatic carbocycles. The van der Waals surface area contributed by atoms with Gasteiger partial charge < -0.3 is 9.84 Å². The fourth-order valence-corrected chi connectivity index (χ4v) is 2.28. The lowest BCUT2D eigenvalue weighted by Gasteiger charge is -2.26. The number of halogens is 3. The fraction of sp³-hybridized carbons (Fsp3) is 0.444. The summed E-state index contributed by atoms with van der Waals surface area (Å²) in [5.74, 6) is -4.85. The van der Waals surface area contributed by atoms with Gasteiger partial charge in [0.15, 0.2) is 5.92 Å². The maximum absolute atomic E-state index is 12.7. The summed E-state index contributed by atoms with van der Waals surface area (Å²) in [5, 5.41) is 9.47. The van der Waals surface area contributed by atoms with Crippen LogP contribution in [0, 0.1) is 5.92 Å². The molecule has 0 aromatic heterocycles. The molecule has 7 heteroatoms. The Bertz CT molecular complexity index is 640. The second-order valence-electron chi connectivity index (χ2n) is 6.52. The number of benzene rings is 1. The predicted molar refractivity (Wildman–Crippen MR) is 86.0 cm³/mol. The van der Waals surface area contributed by atoms with Crippen LogP contribution in [0.25, 0.3) is 0 Å². The van der Waals surface area contributed by atoms with Crippen molar-refractivity contribution in [3.63, 3.8) is 0 Å². The van der Waals surface area contributed by atoms with Crippen LogP contribution in [0.3, 0.4) is 0 Å². The Morgan fingerprint density at radius 1 is 1.12 bits per heavy atom. The van der Waals surface area contributed by atoms with Crippen molar-refractivity contribution in [3.8, 4) is 0 Å². The molecule has 0 heterocycles. The first kappa shape index (κ1) is 20.7. The van der Waals surface area contributed by atoms with Gasteiger partial charge in [-0.15, -0.1) is 0 Å². The maximum Gasteiger partial charge on any atom is 0.416 e. The van der Waals surface area contributed by atoms with Crippen LogP contribution in [-0.2, 0) is 20.5 Å². The number of carbonyl (C=O) groups is 2. The summed E-state index contributed by atoms with van der Waals surface area (Å²) < 4.78 is 43.2. The third-order valence-electron chi connectivity index (χ3n) is 3.31. The molecular formula is C18H21F3O4. The van der Waals surface area contributed by atoms with E-state index >= 15 is 0 Å². The minimum atomic E-state index is -4.49. The third-order valence-corrected chi connectivity index (χ3v) is 3.31. The summed E-state index contributed by atoms with van der Waals surface area (Å²) in [4.78, 5) is 23.9. The predicted octanol–water partition coefficient (Wildman–Crippen LogP) is 4.41. The molecule has 0 saturated heterocycles. The zero-order valence-corrected chi connectivity index (χ0v) is 14.4. The number of hydrogen-bond donors (Lipinski definition) is 1. The van der Waals surface area contributed by atoms with Crippen molar-refractivity contribution in [1.29, 1.82) is 0 Å². The van der Waals surface area contributed by atoms with Crippen LogP contribution in [0.5, 0.6) is 0 Å². The van der Waals surface area contributed by atoms with Crippen molar-refractivity contribution in [1.82, 2.24) is 0 Å². The molecule has 0 aliphatic heterocycles. The van der Waals surface area contributed by atoms with Crippen molar-refractivity contribution >= 4 is 11.9 Å². The normalized spacial score (nSPS) is 15.0. The van der Waals surface area contributed by atoms with E-state index in [9.17, 15) is 27.9 Å². The summed E-state index contributed by atoms with van der Waals surface area (Å²) in [7, 11) is 0. The van der Waals surface area contributed by atoms with E-state index in [4.69, 9.17) is 4.74 Å². The standard InChI is InChI=1S/C18H21F3O4/c1-5-6-13(11-7-9-12(10-8-11)18(19,20)21)14(15(22)23)16(24)25-17(2,3)4/h5-10,13-14H,1-4H3,(H,22,23)/b6-5+/t13-,14+/m1/s1. The molecule has 2 atom stereocenters. The molecule has 0 bridgehead atoms. The zero-order chi connectivity index (χ0) is 19.4. The van der Waals surface area contributed by atoms with Gasteiger partial charge in [0, 0.05) is 5.92 Å². The largest absolute Gasteiger partial charge is 0.481 e. The summed E-state index contributed by atoms with van der Waals surface area (Å²) >= 11 is 0. The number of carboxylic acid groups (broad SMARTS) is 1. The van der Waals surface area contributed by atoms with Gasteiger partial charge in [-0.05, 0) is 45.4 Å². The monoisotopic (exact) mass is 358 g/mol. The van der Waals surface area contributed by atoms with Gasteiger partial charge in [0.25, 0.3) is 0 Å². The number of ether oxygens (including phenoxy) is 1. The zero-order valence-electron chi connectivity index (χ0n) is 14.4. The topological polar surface area (TPSA) is 63.6 Å². The number of aliphatic carboxylic acids is 1. The van der Waals surface area contributed by atoms with Gasteiger partial charge in [0.1, 0.15) is 5.60 Å². The molecule has 0 aliphatic rings. The molecule has 1 rings (SSSR count). The molecule has 0 unspecified atom stereocenters. The first-order valence-electron chi connectivity index (χ1n) is 7.62. The van der Waals surface area contributed by atoms with Gasteiger partial charge in [-0.2, -0.15) is 13.2 Å². The number of carboxylic acids is 1. The first-order valence-corrected chi connectivity index (χ1v) is 7.62. The highest BCUT2D eigenvalue weighted by Crippen LogP contribution is 2.33. The van der Waals surface area contributed by atoms with E-state index in [1.54, 1.807) is 33.8 Å². The molecule has 138 valence electrons. The van der Waals surface area contributed by atoms with Crippen LogP contribution in [0.15, 0.2) is 36.4 Å². The summed E-state index contributed by atoms with van der Waals surface area (Å²) in [6, 6.07) is 4.07. The lowest BCUT2D eigenvalue weighted by Crippen LogP contribution is -2.36. The third kappa shape index (κ3) is 5.92. The number of esters is 1. The molecule has 0 fully saturated rings. The van der Waals surface area contributed by atoms with Crippen LogP contribution in [0.1, 0.15) is 44.7 Å². The van der Waals surface area contributed by atoms with E-state index in [1.807, 2.05) is 0 Å². The van der Waals surface area contributed by atoms with Crippen LogP contribution in [0.4, 0.5) is 13.2 Å². The first-order chi connectivity index (χ1) is 11.4. The van der Waals surface area contributed by atoms with Gasteiger partial charge in [0.2, 0.25) is 0 Å². The Kier molecular flexibility index (Phi) is 6.40. The lowest BCUT2D eigenvalue weighted by atomic mass is 9.85. The lowest BCUT2D eigenvalue weighted by molar-refractivity contribution is -0.167. The van der Waals surface area contributed by atoms with Crippen LogP contribution in [0.2, 0.25) is 0 Å². The quantitative estimate of drug-likeness (QED) is 0.481. The highest BCUT2D eigenvalue weighted by atomic mass is 19.4. The van der Waals surface area contributed by atoms with Gasteiger partial charge >= 0.3 is 18.1 Å². The van der Waals surface area contributed by atoms with E-state index < -0.39 is 41.1 Å². The number of hydrogen-bond acceptors (Lipinski definition) is 3. The number of rotatable bonds is 5. The number of allylic oxidation sites excluding steroid dienone is 2. The highest BCUT2D eigenvalue weighted by molar-refractivity contribution is 5.95. The van der Waals surface area contributed by atoms with Crippen molar-refractivity contribution in [3.05, 3.63) is 47.5 Å². The molecule has 0 radical (unpaired) electrons. The van der Waals surface area contributed by atoms with Crippen molar-refractivity contribution in [2.24, 2.45) is 5.92 Å². The molecule has 25 heavy (non-hydrogen) atoms. The van der Waals surface area contributed by atoms with E-state index in [0.29, 0.717) is 0 Å². The Morgan fingerprint density at radius 3 is 2.00 bits per heavy atom. The Morgan fingerprint density at radius 2 is 1.64 bits per heavy atom. The number of carbonyl (C=O) groups excluding carboxylic acids is 1. The Labute approximate surface area is 144 Å². The Balaban J connectivity index is 3.26. The van der Waals surface area contributed by atoms with Crippen LogP contribution >= 0.6 is 0 Å². The molecule has 4 nitrogen and oxygen atoms in total. The molecule has 0 amide bonds. The highest BCUT2D eigenvalue weighted by Gasteiger charge is 2.38. The minimum absolute atomic E-state index is 0.282. The molecule has 1 N–H and O–H groups in total. The van der Waals surface area contributed by atoms with Crippen LogP contribution in [-0.4, -0.2) is 22.6 Å². The second-order valence-corrected chi connectivity index (χ2v) is 6.52. The summed E-state index contributed by atoms with van der Waals surface area (Å²) in [5.41, 5.74) is -1.45. The van der Waals surface area contributed by atoms with E-state index in [0.717, 1.165) is 12.1 Å². The van der Waals surface area contributed by atoms with Gasteiger partial charge in [0.05, 0.1) is 5.56 Å². The average molecular weight is 358 g/mol. The second kappa shape index (κ2) is 7.72. The molecule has 0 saturated carbocycles. The van der Waals surface area contributed by atoms with Crippen molar-refractivity contribution < 1.29 is 32.6 Å². The van der Waals surface area contributed by atoms with Crippen LogP contribution < -0.4 is 0 Å². The SMILES string of the molecule is C/C=C/[C@H](c1ccc(C(F)(F)F)cc1)[C@@H](C(=O)O)C(=O)OC(C)(C)C. The molecule has 1 aromatic rings. The van der Waals surface area contributed by atoms with Gasteiger partial charge in [-0.1, -0.05) is 24.3 Å². The molecule has 0 spiro atoms. The van der Waals surface area contributed by atoms with Crippen molar-refractivity contribution in [2.75, 3.05) is 0 Å². The molecular weight excluding hydrogens is 337 g/mol.